The highest BCUT2D eigenvalue weighted by atomic mass is 79.9. The summed E-state index contributed by atoms with van der Waals surface area (Å²) in [5, 5.41) is 12.2. The Morgan fingerprint density at radius 1 is 1.21 bits per heavy atom. The molecule has 1 aromatic heterocycles. The maximum Gasteiger partial charge on any atom is 0.205 e. The standard InChI is InChI=1S/C17H15BrN4O2/c1-22-20-17(19-21-22)13-7-8-14(15(23)10-18)16(9-13)24-11-12-5-3-2-4-6-12/h2-9H,10-11H2,1H3. The third kappa shape index (κ3) is 3.68. The molecule has 0 amide bonds. The van der Waals surface area contributed by atoms with E-state index in [0.29, 0.717) is 23.7 Å². The second-order valence-electron chi connectivity index (χ2n) is 5.14. The molecule has 2 aromatic carbocycles. The summed E-state index contributed by atoms with van der Waals surface area (Å²) in [4.78, 5) is 13.5. The van der Waals surface area contributed by atoms with E-state index in [1.54, 1.807) is 25.2 Å². The van der Waals surface area contributed by atoms with Gasteiger partial charge in [0.2, 0.25) is 5.82 Å². The van der Waals surface area contributed by atoms with Crippen LogP contribution in [-0.2, 0) is 13.7 Å². The van der Waals surface area contributed by atoms with E-state index in [1.807, 2.05) is 30.3 Å². The number of rotatable bonds is 6. The van der Waals surface area contributed by atoms with Crippen LogP contribution < -0.4 is 4.74 Å². The number of benzene rings is 2. The number of hydrogen-bond acceptors (Lipinski definition) is 5. The minimum atomic E-state index is -0.0447. The van der Waals surface area contributed by atoms with Crippen molar-refractivity contribution in [3.63, 3.8) is 0 Å². The van der Waals surface area contributed by atoms with E-state index in [-0.39, 0.29) is 11.1 Å². The number of ether oxygens (including phenoxy) is 1. The van der Waals surface area contributed by atoms with E-state index in [4.69, 9.17) is 4.74 Å². The first kappa shape index (κ1) is 16.3. The summed E-state index contributed by atoms with van der Waals surface area (Å²) in [6.07, 6.45) is 0. The van der Waals surface area contributed by atoms with Gasteiger partial charge < -0.3 is 4.74 Å². The van der Waals surface area contributed by atoms with Gasteiger partial charge in [-0.15, -0.1) is 10.2 Å². The van der Waals surface area contributed by atoms with E-state index in [2.05, 4.69) is 31.3 Å². The van der Waals surface area contributed by atoms with E-state index in [9.17, 15) is 4.79 Å². The van der Waals surface area contributed by atoms with Crippen molar-refractivity contribution >= 4 is 21.7 Å². The molecule has 0 spiro atoms. The van der Waals surface area contributed by atoms with E-state index >= 15 is 0 Å². The minimum Gasteiger partial charge on any atom is -0.488 e. The normalized spacial score (nSPS) is 10.6. The Balaban J connectivity index is 1.92. The topological polar surface area (TPSA) is 69.9 Å². The van der Waals surface area contributed by atoms with Gasteiger partial charge in [0.25, 0.3) is 0 Å². The summed E-state index contributed by atoms with van der Waals surface area (Å²) in [6.45, 7) is 0.376. The highest BCUT2D eigenvalue weighted by molar-refractivity contribution is 9.09. The Labute approximate surface area is 147 Å². The van der Waals surface area contributed by atoms with Crippen molar-refractivity contribution in [1.82, 2.24) is 20.2 Å². The van der Waals surface area contributed by atoms with E-state index in [1.165, 1.54) is 4.80 Å². The zero-order valence-corrected chi connectivity index (χ0v) is 14.6. The van der Waals surface area contributed by atoms with Crippen LogP contribution in [0.25, 0.3) is 11.4 Å². The molecular weight excluding hydrogens is 372 g/mol. The Morgan fingerprint density at radius 3 is 2.67 bits per heavy atom. The molecule has 0 N–H and O–H groups in total. The zero-order chi connectivity index (χ0) is 16.9. The molecule has 0 aliphatic carbocycles. The number of aromatic nitrogens is 4. The largest absolute Gasteiger partial charge is 0.488 e. The monoisotopic (exact) mass is 386 g/mol. The van der Waals surface area contributed by atoms with Crippen LogP contribution >= 0.6 is 15.9 Å². The first-order chi connectivity index (χ1) is 11.7. The molecule has 1 heterocycles. The number of hydrogen-bond donors (Lipinski definition) is 0. The molecule has 6 nitrogen and oxygen atoms in total. The first-order valence-corrected chi connectivity index (χ1v) is 8.44. The lowest BCUT2D eigenvalue weighted by atomic mass is 10.1. The molecule has 3 rings (SSSR count). The maximum absolute atomic E-state index is 12.1. The molecular formula is C17H15BrN4O2. The minimum absolute atomic E-state index is 0.0447. The average Bonchev–Trinajstić information content (AvgIpc) is 3.06. The maximum atomic E-state index is 12.1. The van der Waals surface area contributed by atoms with Crippen molar-refractivity contribution in [1.29, 1.82) is 0 Å². The van der Waals surface area contributed by atoms with Gasteiger partial charge in [-0.1, -0.05) is 52.3 Å². The zero-order valence-electron chi connectivity index (χ0n) is 13.0. The lowest BCUT2D eigenvalue weighted by molar-refractivity contribution is 0.101. The predicted molar refractivity (Wildman–Crippen MR) is 93.1 cm³/mol. The highest BCUT2D eigenvalue weighted by Gasteiger charge is 2.15. The lowest BCUT2D eigenvalue weighted by Gasteiger charge is -2.11. The lowest BCUT2D eigenvalue weighted by Crippen LogP contribution is -2.05. The molecule has 7 heteroatoms. The second kappa shape index (κ2) is 7.35. The molecule has 0 aliphatic rings. The molecule has 0 fully saturated rings. The number of carbonyl (C=O) groups is 1. The highest BCUT2D eigenvalue weighted by Crippen LogP contribution is 2.27. The van der Waals surface area contributed by atoms with Crippen molar-refractivity contribution in [2.75, 3.05) is 5.33 Å². The smallest absolute Gasteiger partial charge is 0.205 e. The molecule has 122 valence electrons. The summed E-state index contributed by atoms with van der Waals surface area (Å²) in [5.41, 5.74) is 2.30. The molecule has 0 atom stereocenters. The number of carbonyl (C=O) groups excluding carboxylic acids is 1. The molecule has 0 saturated carbocycles. The summed E-state index contributed by atoms with van der Waals surface area (Å²) < 4.78 is 5.89. The van der Waals surface area contributed by atoms with Crippen LogP contribution in [-0.4, -0.2) is 31.3 Å². The van der Waals surface area contributed by atoms with Gasteiger partial charge in [0.1, 0.15) is 12.4 Å². The van der Waals surface area contributed by atoms with Crippen LogP contribution in [0.2, 0.25) is 0 Å². The Hall–Kier alpha value is -2.54. The summed E-state index contributed by atoms with van der Waals surface area (Å²) in [5.74, 6) is 0.949. The number of tetrazole rings is 1. The van der Waals surface area contributed by atoms with Gasteiger partial charge in [-0.3, -0.25) is 4.79 Å². The first-order valence-electron chi connectivity index (χ1n) is 7.31. The molecule has 0 aliphatic heterocycles. The van der Waals surface area contributed by atoms with Crippen LogP contribution in [0.5, 0.6) is 5.75 Å². The summed E-state index contributed by atoms with van der Waals surface area (Å²) in [7, 11) is 1.70. The summed E-state index contributed by atoms with van der Waals surface area (Å²) >= 11 is 3.21. The molecule has 3 aromatic rings. The number of halogens is 1. The van der Waals surface area contributed by atoms with Crippen molar-refractivity contribution in [3.05, 3.63) is 59.7 Å². The van der Waals surface area contributed by atoms with Crippen molar-refractivity contribution < 1.29 is 9.53 Å². The Kier molecular flexibility index (Phi) is 5.00. The van der Waals surface area contributed by atoms with Crippen molar-refractivity contribution in [2.45, 2.75) is 6.61 Å². The van der Waals surface area contributed by atoms with Gasteiger partial charge in [-0.2, -0.15) is 4.80 Å². The van der Waals surface area contributed by atoms with Gasteiger partial charge in [0.15, 0.2) is 5.78 Å². The van der Waals surface area contributed by atoms with Gasteiger partial charge in [0, 0.05) is 5.56 Å². The van der Waals surface area contributed by atoms with E-state index < -0.39 is 0 Å². The van der Waals surface area contributed by atoms with Gasteiger partial charge in [-0.25, -0.2) is 0 Å². The van der Waals surface area contributed by atoms with Crippen molar-refractivity contribution in [2.24, 2.45) is 7.05 Å². The SMILES string of the molecule is Cn1nnc(-c2ccc(C(=O)CBr)c(OCc3ccccc3)c2)n1. The Morgan fingerprint density at radius 2 is 2.00 bits per heavy atom. The van der Waals surface area contributed by atoms with Gasteiger partial charge in [-0.05, 0) is 22.9 Å². The third-order valence-corrected chi connectivity index (χ3v) is 3.92. The average molecular weight is 387 g/mol. The fourth-order valence-electron chi connectivity index (χ4n) is 2.22. The number of ketones is 1. The third-order valence-electron chi connectivity index (χ3n) is 3.41. The molecule has 24 heavy (non-hydrogen) atoms. The number of nitrogens with zero attached hydrogens (tertiary/aromatic N) is 4. The van der Waals surface area contributed by atoms with Crippen LogP contribution in [0.1, 0.15) is 15.9 Å². The fraction of sp³-hybridized carbons (Fsp3) is 0.176. The summed E-state index contributed by atoms with van der Waals surface area (Å²) in [6, 6.07) is 15.1. The predicted octanol–water partition coefficient (Wildman–Crippen LogP) is 3.03. The number of Topliss-reactive ketones (excluding diaryl/α,β-unsaturated/α-hetero) is 1. The molecule has 0 saturated heterocycles. The van der Waals surface area contributed by atoms with Gasteiger partial charge in [0.05, 0.1) is 17.9 Å². The van der Waals surface area contributed by atoms with E-state index in [0.717, 1.165) is 11.1 Å². The van der Waals surface area contributed by atoms with Crippen LogP contribution in [0, 0.1) is 0 Å². The molecule has 0 bridgehead atoms. The second-order valence-corrected chi connectivity index (χ2v) is 5.71. The van der Waals surface area contributed by atoms with Gasteiger partial charge >= 0.3 is 0 Å². The van der Waals surface area contributed by atoms with Crippen LogP contribution in [0.4, 0.5) is 0 Å². The number of alkyl halides is 1. The fourth-order valence-corrected chi connectivity index (χ4v) is 2.52. The molecule has 0 unspecified atom stereocenters. The van der Waals surface area contributed by atoms with Crippen LogP contribution in [0.3, 0.4) is 0 Å². The Bertz CT molecular complexity index is 849. The van der Waals surface area contributed by atoms with Crippen molar-refractivity contribution in [3.8, 4) is 17.1 Å². The number of aryl methyl sites for hydroxylation is 1. The van der Waals surface area contributed by atoms with Crippen LogP contribution in [0.15, 0.2) is 48.5 Å². The molecule has 0 radical (unpaired) electrons. The quantitative estimate of drug-likeness (QED) is 0.480.